The third-order valence-corrected chi connectivity index (χ3v) is 7.17. The monoisotopic (exact) mass is 421 g/mol. The van der Waals surface area contributed by atoms with E-state index < -0.39 is 0 Å². The van der Waals surface area contributed by atoms with E-state index in [1.807, 2.05) is 18.2 Å². The number of likely N-dealkylation sites (tertiary alicyclic amines) is 1. The Hall–Kier alpha value is -2.60. The van der Waals surface area contributed by atoms with Crippen LogP contribution in [-0.4, -0.2) is 42.2 Å². The number of nitrogens with one attached hydrogen (secondary N) is 1. The van der Waals surface area contributed by atoms with Crippen LogP contribution in [0, 0.1) is 17.3 Å². The van der Waals surface area contributed by atoms with Crippen molar-refractivity contribution >= 4 is 5.91 Å². The van der Waals surface area contributed by atoms with E-state index in [0.717, 1.165) is 62.4 Å². The quantitative estimate of drug-likeness (QED) is 0.742. The van der Waals surface area contributed by atoms with Gasteiger partial charge >= 0.3 is 0 Å². The number of nitrogens with zero attached hydrogens (tertiary/aromatic N) is 2. The molecule has 1 aromatic carbocycles. The lowest BCUT2D eigenvalue weighted by Gasteiger charge is -2.34. The Labute approximate surface area is 183 Å². The Morgan fingerprint density at radius 3 is 2.74 bits per heavy atom. The van der Waals surface area contributed by atoms with Gasteiger partial charge in [0.25, 0.3) is 0 Å². The molecular weight excluding hydrogens is 390 g/mol. The van der Waals surface area contributed by atoms with Crippen molar-refractivity contribution in [3.05, 3.63) is 53.9 Å². The van der Waals surface area contributed by atoms with Gasteiger partial charge in [0.1, 0.15) is 0 Å². The highest BCUT2D eigenvalue weighted by Crippen LogP contribution is 2.59. The Balaban J connectivity index is 1.06. The van der Waals surface area contributed by atoms with Crippen LogP contribution in [0.5, 0.6) is 11.5 Å². The molecule has 1 aromatic heterocycles. The maximum absolute atomic E-state index is 12.6. The molecule has 1 aliphatic carbocycles. The zero-order chi connectivity index (χ0) is 21.3. The zero-order valence-electron chi connectivity index (χ0n) is 18.2. The summed E-state index contributed by atoms with van der Waals surface area (Å²) in [6, 6.07) is 10.2. The molecule has 2 unspecified atom stereocenters. The lowest BCUT2D eigenvalue weighted by atomic mass is 9.89. The number of pyridine rings is 1. The van der Waals surface area contributed by atoms with E-state index in [9.17, 15) is 4.79 Å². The molecule has 1 N–H and O–H groups in total. The van der Waals surface area contributed by atoms with Gasteiger partial charge in [0.15, 0.2) is 11.5 Å². The summed E-state index contributed by atoms with van der Waals surface area (Å²) in [6.07, 6.45) is 7.90. The summed E-state index contributed by atoms with van der Waals surface area (Å²) in [5.74, 6) is 2.71. The third kappa shape index (κ3) is 4.54. The van der Waals surface area contributed by atoms with Crippen LogP contribution in [-0.2, 0) is 17.8 Å². The van der Waals surface area contributed by atoms with Gasteiger partial charge in [-0.05, 0) is 85.5 Å². The highest BCUT2D eigenvalue weighted by molar-refractivity contribution is 5.82. The number of hydrogen-bond donors (Lipinski definition) is 1. The van der Waals surface area contributed by atoms with E-state index in [0.29, 0.717) is 19.3 Å². The Kier molecular flexibility index (Phi) is 5.57. The van der Waals surface area contributed by atoms with Crippen LogP contribution in [0.1, 0.15) is 37.3 Å². The molecule has 3 heterocycles. The molecule has 5 rings (SSSR count). The predicted molar refractivity (Wildman–Crippen MR) is 118 cm³/mol. The van der Waals surface area contributed by atoms with Gasteiger partial charge in [-0.1, -0.05) is 13.0 Å². The fourth-order valence-electron chi connectivity index (χ4n) is 5.24. The topological polar surface area (TPSA) is 63.7 Å². The van der Waals surface area contributed by atoms with Gasteiger partial charge in [0, 0.05) is 31.4 Å². The van der Waals surface area contributed by atoms with Crippen molar-refractivity contribution in [1.82, 2.24) is 15.2 Å². The molecule has 6 nitrogen and oxygen atoms in total. The van der Waals surface area contributed by atoms with E-state index in [1.165, 1.54) is 5.56 Å². The maximum Gasteiger partial charge on any atom is 0.231 e. The highest BCUT2D eigenvalue weighted by atomic mass is 16.7. The first-order valence-electron chi connectivity index (χ1n) is 11.4. The Bertz CT molecular complexity index is 925. The molecule has 3 aliphatic rings. The van der Waals surface area contributed by atoms with E-state index in [4.69, 9.17) is 9.47 Å². The van der Waals surface area contributed by atoms with Crippen LogP contribution >= 0.6 is 0 Å². The first kappa shape index (κ1) is 20.3. The van der Waals surface area contributed by atoms with Crippen molar-refractivity contribution in [3.63, 3.8) is 0 Å². The Morgan fingerprint density at radius 2 is 1.94 bits per heavy atom. The summed E-state index contributed by atoms with van der Waals surface area (Å²) in [5, 5.41) is 3.12. The normalized spacial score (nSPS) is 22.3. The van der Waals surface area contributed by atoms with Crippen LogP contribution in [0.2, 0.25) is 0 Å². The van der Waals surface area contributed by atoms with Crippen molar-refractivity contribution in [3.8, 4) is 11.5 Å². The molecule has 1 spiro atoms. The molecule has 2 fully saturated rings. The van der Waals surface area contributed by atoms with Crippen molar-refractivity contribution in [2.45, 2.75) is 39.2 Å². The molecule has 2 atom stereocenters. The number of carbonyl (C=O) groups is 1. The van der Waals surface area contributed by atoms with Gasteiger partial charge in [0.2, 0.25) is 12.7 Å². The van der Waals surface area contributed by atoms with Gasteiger partial charge < -0.3 is 19.7 Å². The second-order valence-corrected chi connectivity index (χ2v) is 9.49. The van der Waals surface area contributed by atoms with E-state index in [2.05, 4.69) is 34.3 Å². The smallest absolute Gasteiger partial charge is 0.231 e. The molecule has 1 saturated heterocycles. The Morgan fingerprint density at radius 1 is 1.16 bits per heavy atom. The molecule has 0 radical (unpaired) electrons. The largest absolute Gasteiger partial charge is 0.454 e. The van der Waals surface area contributed by atoms with E-state index in [1.54, 1.807) is 12.4 Å². The maximum atomic E-state index is 12.6. The number of carbonyl (C=O) groups excluding carboxylic acids is 1. The second kappa shape index (κ2) is 8.50. The minimum absolute atomic E-state index is 0.197. The van der Waals surface area contributed by atoms with Crippen LogP contribution in [0.15, 0.2) is 42.7 Å². The number of piperidine rings is 1. The number of benzene rings is 1. The second-order valence-electron chi connectivity index (χ2n) is 9.49. The molecular formula is C25H31N3O3. The molecule has 0 bridgehead atoms. The van der Waals surface area contributed by atoms with Crippen LogP contribution in [0.4, 0.5) is 0 Å². The summed E-state index contributed by atoms with van der Waals surface area (Å²) in [5.41, 5.74) is 2.65. The van der Waals surface area contributed by atoms with Gasteiger partial charge in [-0.3, -0.25) is 9.78 Å². The van der Waals surface area contributed by atoms with Crippen LogP contribution in [0.3, 0.4) is 0 Å². The van der Waals surface area contributed by atoms with E-state index >= 15 is 0 Å². The number of amides is 1. The zero-order valence-corrected chi connectivity index (χ0v) is 18.2. The summed E-state index contributed by atoms with van der Waals surface area (Å²) in [4.78, 5) is 19.2. The third-order valence-electron chi connectivity index (χ3n) is 7.17. The van der Waals surface area contributed by atoms with Gasteiger partial charge in [-0.2, -0.15) is 0 Å². The van der Waals surface area contributed by atoms with Crippen molar-refractivity contribution in [2.24, 2.45) is 17.3 Å². The van der Waals surface area contributed by atoms with Crippen molar-refractivity contribution in [1.29, 1.82) is 0 Å². The number of rotatable bonds is 7. The minimum Gasteiger partial charge on any atom is -0.454 e. The molecule has 1 saturated carbocycles. The first-order chi connectivity index (χ1) is 15.1. The lowest BCUT2D eigenvalue weighted by Crippen LogP contribution is -2.39. The van der Waals surface area contributed by atoms with Gasteiger partial charge in [-0.15, -0.1) is 0 Å². The minimum atomic E-state index is 0.197. The van der Waals surface area contributed by atoms with Gasteiger partial charge in [0.05, 0.1) is 0 Å². The molecule has 2 aliphatic heterocycles. The summed E-state index contributed by atoms with van der Waals surface area (Å²) in [7, 11) is 0. The van der Waals surface area contributed by atoms with Crippen LogP contribution in [0.25, 0.3) is 0 Å². The molecule has 6 heteroatoms. The summed E-state index contributed by atoms with van der Waals surface area (Å²) >= 11 is 0. The first-order valence-corrected chi connectivity index (χ1v) is 11.4. The molecule has 1 amide bonds. The lowest BCUT2D eigenvalue weighted by molar-refractivity contribution is -0.123. The number of aromatic nitrogens is 1. The highest BCUT2D eigenvalue weighted by Gasteiger charge is 2.58. The standard InChI is InChI=1S/C25H31N3O3/c1-18(12-20-2-3-22-23(13-20)31-17-30-22)16-28-10-6-25(7-11-28)14-21(25)24(29)27-15-19-4-8-26-9-5-19/h2-5,8-9,13,18,21H,6-7,10-12,14-17H2,1H3,(H,27,29). The average molecular weight is 422 g/mol. The molecule has 2 aromatic rings. The fourth-order valence-corrected chi connectivity index (χ4v) is 5.24. The number of fused-ring (bicyclic) bond motifs is 1. The van der Waals surface area contributed by atoms with Crippen molar-refractivity contribution in [2.75, 3.05) is 26.4 Å². The average Bonchev–Trinajstić information content (AvgIpc) is 3.28. The fraction of sp³-hybridized carbons (Fsp3) is 0.520. The summed E-state index contributed by atoms with van der Waals surface area (Å²) < 4.78 is 10.9. The number of hydrogen-bond acceptors (Lipinski definition) is 5. The SMILES string of the molecule is CC(Cc1ccc2c(c1)OCO2)CN1CCC2(CC1)CC2C(=O)NCc1ccncc1. The van der Waals surface area contributed by atoms with Crippen LogP contribution < -0.4 is 14.8 Å². The summed E-state index contributed by atoms with van der Waals surface area (Å²) in [6.45, 7) is 6.54. The predicted octanol–water partition coefficient (Wildman–Crippen LogP) is 3.41. The van der Waals surface area contributed by atoms with E-state index in [-0.39, 0.29) is 17.2 Å². The molecule has 31 heavy (non-hydrogen) atoms. The number of ether oxygens (including phenoxy) is 2. The van der Waals surface area contributed by atoms with Gasteiger partial charge in [-0.25, -0.2) is 0 Å². The van der Waals surface area contributed by atoms with Crippen molar-refractivity contribution < 1.29 is 14.3 Å². The molecule has 164 valence electrons.